The molecule has 21 heavy (non-hydrogen) atoms. The van der Waals surface area contributed by atoms with E-state index in [1.165, 1.54) is 12.0 Å². The number of piperidine rings is 1. The van der Waals surface area contributed by atoms with Gasteiger partial charge in [-0.15, -0.1) is 10.2 Å². The Bertz CT molecular complexity index is 589. The lowest BCUT2D eigenvalue weighted by Gasteiger charge is -2.37. The van der Waals surface area contributed by atoms with Crippen LogP contribution in [-0.4, -0.2) is 32.3 Å². The standard InChI is InChI=1S/C16H24N4O/c1-4-15-17-18-16(21-15)14-6-5-8-20(12(14)2)11-13-7-9-19(3)10-13/h7,9-10,12,14H,4-6,8,11H2,1-3H3/t12-,14-/m0/s1. The number of likely N-dealkylation sites (tertiary alicyclic amines) is 1. The van der Waals surface area contributed by atoms with Crippen LogP contribution in [0.15, 0.2) is 22.9 Å². The summed E-state index contributed by atoms with van der Waals surface area (Å²) >= 11 is 0. The van der Waals surface area contributed by atoms with Gasteiger partial charge in [0.15, 0.2) is 0 Å². The first-order valence-electron chi connectivity index (χ1n) is 7.84. The van der Waals surface area contributed by atoms with Crippen molar-refractivity contribution >= 4 is 0 Å². The van der Waals surface area contributed by atoms with E-state index in [0.717, 1.165) is 37.7 Å². The van der Waals surface area contributed by atoms with Crippen LogP contribution in [-0.2, 0) is 20.0 Å². The number of aryl methyl sites for hydroxylation is 2. The second kappa shape index (κ2) is 6.02. The largest absolute Gasteiger partial charge is 0.425 e. The number of aromatic nitrogens is 3. The fourth-order valence-corrected chi connectivity index (χ4v) is 3.21. The predicted molar refractivity (Wildman–Crippen MR) is 80.9 cm³/mol. The maximum absolute atomic E-state index is 5.79. The van der Waals surface area contributed by atoms with Crippen LogP contribution in [0.2, 0.25) is 0 Å². The molecule has 1 saturated heterocycles. The molecule has 0 saturated carbocycles. The number of hydrogen-bond acceptors (Lipinski definition) is 4. The van der Waals surface area contributed by atoms with Gasteiger partial charge >= 0.3 is 0 Å². The van der Waals surface area contributed by atoms with E-state index in [-0.39, 0.29) is 0 Å². The summed E-state index contributed by atoms with van der Waals surface area (Å²) in [6, 6.07) is 2.63. The smallest absolute Gasteiger partial charge is 0.221 e. The highest BCUT2D eigenvalue weighted by Gasteiger charge is 2.32. The van der Waals surface area contributed by atoms with Crippen LogP contribution in [0.3, 0.4) is 0 Å². The normalized spacial score (nSPS) is 23.6. The maximum atomic E-state index is 5.79. The zero-order valence-corrected chi connectivity index (χ0v) is 13.1. The summed E-state index contributed by atoms with van der Waals surface area (Å²) in [7, 11) is 2.07. The van der Waals surface area contributed by atoms with Crippen molar-refractivity contribution in [2.75, 3.05) is 6.54 Å². The predicted octanol–water partition coefficient (Wildman–Crippen LogP) is 2.74. The Hall–Kier alpha value is -1.62. The molecule has 114 valence electrons. The van der Waals surface area contributed by atoms with Crippen molar-refractivity contribution < 1.29 is 4.42 Å². The Morgan fingerprint density at radius 2 is 2.24 bits per heavy atom. The van der Waals surface area contributed by atoms with Crippen LogP contribution in [0.4, 0.5) is 0 Å². The van der Waals surface area contributed by atoms with Gasteiger partial charge in [-0.3, -0.25) is 4.90 Å². The highest BCUT2D eigenvalue weighted by molar-refractivity contribution is 5.11. The molecular formula is C16H24N4O. The van der Waals surface area contributed by atoms with Crippen molar-refractivity contribution in [3.05, 3.63) is 35.8 Å². The van der Waals surface area contributed by atoms with Crippen molar-refractivity contribution in [2.45, 2.75) is 51.6 Å². The molecule has 1 aliphatic rings. The van der Waals surface area contributed by atoms with Crippen LogP contribution in [0, 0.1) is 0 Å². The Morgan fingerprint density at radius 3 is 2.90 bits per heavy atom. The molecule has 3 heterocycles. The van der Waals surface area contributed by atoms with Gasteiger partial charge < -0.3 is 8.98 Å². The zero-order valence-electron chi connectivity index (χ0n) is 13.1. The van der Waals surface area contributed by atoms with Crippen LogP contribution in [0.5, 0.6) is 0 Å². The quantitative estimate of drug-likeness (QED) is 0.868. The third-order valence-corrected chi connectivity index (χ3v) is 4.50. The molecule has 0 unspecified atom stereocenters. The Kier molecular flexibility index (Phi) is 4.10. The van der Waals surface area contributed by atoms with Crippen LogP contribution in [0.1, 0.15) is 50.0 Å². The Labute approximate surface area is 126 Å². The van der Waals surface area contributed by atoms with E-state index in [0.29, 0.717) is 12.0 Å². The molecule has 0 aromatic carbocycles. The lowest BCUT2D eigenvalue weighted by molar-refractivity contribution is 0.118. The van der Waals surface area contributed by atoms with E-state index in [2.05, 4.69) is 52.1 Å². The highest BCUT2D eigenvalue weighted by atomic mass is 16.4. The summed E-state index contributed by atoms with van der Waals surface area (Å²) in [6.07, 6.45) is 7.43. The number of hydrogen-bond donors (Lipinski definition) is 0. The van der Waals surface area contributed by atoms with Crippen molar-refractivity contribution in [1.82, 2.24) is 19.7 Å². The van der Waals surface area contributed by atoms with Gasteiger partial charge in [-0.25, -0.2) is 0 Å². The van der Waals surface area contributed by atoms with Crippen molar-refractivity contribution in [1.29, 1.82) is 0 Å². The van der Waals surface area contributed by atoms with Crippen LogP contribution in [0.25, 0.3) is 0 Å². The van der Waals surface area contributed by atoms with E-state index < -0.39 is 0 Å². The summed E-state index contributed by atoms with van der Waals surface area (Å²) in [5, 5.41) is 8.38. The summed E-state index contributed by atoms with van der Waals surface area (Å²) in [5.74, 6) is 1.92. The van der Waals surface area contributed by atoms with Crippen molar-refractivity contribution in [3.8, 4) is 0 Å². The first-order chi connectivity index (χ1) is 10.2. The highest BCUT2D eigenvalue weighted by Crippen LogP contribution is 2.32. The first-order valence-corrected chi connectivity index (χ1v) is 7.84. The third kappa shape index (κ3) is 3.02. The molecule has 0 amide bonds. The zero-order chi connectivity index (χ0) is 14.8. The van der Waals surface area contributed by atoms with Gasteiger partial charge in [0.1, 0.15) is 0 Å². The molecule has 5 nitrogen and oxygen atoms in total. The Morgan fingerprint density at radius 1 is 1.38 bits per heavy atom. The van der Waals surface area contributed by atoms with E-state index in [9.17, 15) is 0 Å². The third-order valence-electron chi connectivity index (χ3n) is 4.50. The molecule has 0 bridgehead atoms. The molecule has 2 atom stereocenters. The Balaban J connectivity index is 1.72. The van der Waals surface area contributed by atoms with Crippen LogP contribution >= 0.6 is 0 Å². The minimum Gasteiger partial charge on any atom is -0.425 e. The van der Waals surface area contributed by atoms with Gasteiger partial charge in [-0.05, 0) is 37.9 Å². The molecule has 0 spiro atoms. The molecule has 2 aromatic rings. The lowest BCUT2D eigenvalue weighted by atomic mass is 9.90. The molecule has 2 aromatic heterocycles. The maximum Gasteiger partial charge on any atom is 0.221 e. The van der Waals surface area contributed by atoms with Gasteiger partial charge in [-0.1, -0.05) is 6.92 Å². The summed E-state index contributed by atoms with van der Waals surface area (Å²) < 4.78 is 7.90. The number of nitrogens with zero attached hydrogens (tertiary/aromatic N) is 4. The van der Waals surface area contributed by atoms with Gasteiger partial charge in [0, 0.05) is 38.4 Å². The molecule has 0 radical (unpaired) electrons. The van der Waals surface area contributed by atoms with E-state index in [1.807, 2.05) is 6.92 Å². The van der Waals surface area contributed by atoms with Crippen molar-refractivity contribution in [3.63, 3.8) is 0 Å². The SMILES string of the molecule is CCc1nnc([C@H]2CCCN(Cc3ccn(C)c3)[C@H]2C)o1. The fraction of sp³-hybridized carbons (Fsp3) is 0.625. The minimum atomic E-state index is 0.357. The van der Waals surface area contributed by atoms with Gasteiger partial charge in [0.2, 0.25) is 11.8 Å². The minimum absolute atomic E-state index is 0.357. The van der Waals surface area contributed by atoms with Crippen molar-refractivity contribution in [2.24, 2.45) is 7.05 Å². The first kappa shape index (κ1) is 14.3. The molecule has 3 rings (SSSR count). The molecular weight excluding hydrogens is 264 g/mol. The lowest BCUT2D eigenvalue weighted by Crippen LogP contribution is -2.41. The fourth-order valence-electron chi connectivity index (χ4n) is 3.21. The molecule has 5 heteroatoms. The average molecular weight is 288 g/mol. The van der Waals surface area contributed by atoms with E-state index in [1.54, 1.807) is 0 Å². The summed E-state index contributed by atoms with van der Waals surface area (Å²) in [6.45, 7) is 6.46. The topological polar surface area (TPSA) is 47.1 Å². The molecule has 1 aliphatic heterocycles. The van der Waals surface area contributed by atoms with Gasteiger partial charge in [0.05, 0.1) is 5.92 Å². The second-order valence-electron chi connectivity index (χ2n) is 6.03. The summed E-state index contributed by atoms with van der Waals surface area (Å²) in [5.41, 5.74) is 1.37. The molecule has 1 fully saturated rings. The average Bonchev–Trinajstić information content (AvgIpc) is 3.10. The monoisotopic (exact) mass is 288 g/mol. The van der Waals surface area contributed by atoms with Crippen LogP contribution < -0.4 is 0 Å². The molecule has 0 aliphatic carbocycles. The summed E-state index contributed by atoms with van der Waals surface area (Å²) in [4.78, 5) is 2.53. The molecule has 0 N–H and O–H groups in total. The second-order valence-corrected chi connectivity index (χ2v) is 6.03. The van der Waals surface area contributed by atoms with Gasteiger partial charge in [0.25, 0.3) is 0 Å². The number of rotatable bonds is 4. The van der Waals surface area contributed by atoms with Gasteiger partial charge in [-0.2, -0.15) is 0 Å². The van der Waals surface area contributed by atoms with E-state index in [4.69, 9.17) is 4.42 Å². The van der Waals surface area contributed by atoms with E-state index >= 15 is 0 Å².